The molecule has 2 amide bonds. The fraction of sp³-hybridized carbons (Fsp3) is 0.533. The van der Waals surface area contributed by atoms with Crippen LogP contribution in [0.3, 0.4) is 0 Å². The number of rotatable bonds is 6. The van der Waals surface area contributed by atoms with Crippen molar-refractivity contribution in [2.24, 2.45) is 11.8 Å². The summed E-state index contributed by atoms with van der Waals surface area (Å²) in [5.41, 5.74) is 2.12. The molecule has 2 saturated carbocycles. The number of likely N-dealkylation sites (tertiary alicyclic amines) is 2. The van der Waals surface area contributed by atoms with E-state index >= 15 is 0 Å². The molecule has 0 spiro atoms. The van der Waals surface area contributed by atoms with Crippen LogP contribution in [0.2, 0.25) is 0 Å². The van der Waals surface area contributed by atoms with Crippen LogP contribution in [0.4, 0.5) is 0 Å². The van der Waals surface area contributed by atoms with E-state index in [0.717, 1.165) is 88.7 Å². The molecule has 2 aromatic heterocycles. The summed E-state index contributed by atoms with van der Waals surface area (Å²) in [4.78, 5) is 57.5. The molecule has 0 unspecified atom stereocenters. The molecule has 0 aromatic carbocycles. The third kappa shape index (κ3) is 8.70. The van der Waals surface area contributed by atoms with Crippen LogP contribution in [0.1, 0.15) is 95.0 Å². The molecule has 6 rings (SSSR count). The smallest absolute Gasteiger partial charge is 0.545 e. The van der Waals surface area contributed by atoms with Gasteiger partial charge in [0, 0.05) is 73.9 Å². The monoisotopic (exact) mass is 560 g/mol. The number of carbonyl (C=O) groups excluding carboxylic acids is 4. The van der Waals surface area contributed by atoms with Crippen LogP contribution in [0.25, 0.3) is 0 Å². The number of aromatic carboxylic acids is 2. The summed E-state index contributed by atoms with van der Waals surface area (Å²) in [6, 6.07) is 3.29. The van der Waals surface area contributed by atoms with Crippen LogP contribution < -0.4 is 47.9 Å². The van der Waals surface area contributed by atoms with Gasteiger partial charge in [-0.05, 0) is 86.5 Å². The van der Waals surface area contributed by atoms with Crippen molar-refractivity contribution in [1.29, 1.82) is 0 Å². The van der Waals surface area contributed by atoms with Gasteiger partial charge in [0.1, 0.15) is 0 Å². The number of carbonyl (C=O) groups is 4. The molecular weight excluding hydrogens is 526 g/mol. The Hall–Kier alpha value is -2.63. The number of hydrogen-bond donors (Lipinski definition) is 0. The maximum Gasteiger partial charge on any atom is 1.00 e. The average molecular weight is 561 g/mol. The predicted octanol–water partition coefficient (Wildman–Crippen LogP) is -4.87. The van der Waals surface area contributed by atoms with E-state index in [4.69, 9.17) is 0 Å². The van der Waals surface area contributed by atoms with Gasteiger partial charge < -0.3 is 29.6 Å². The predicted molar refractivity (Wildman–Crippen MR) is 140 cm³/mol. The van der Waals surface area contributed by atoms with Gasteiger partial charge in [-0.2, -0.15) is 0 Å². The number of pyridine rings is 2. The van der Waals surface area contributed by atoms with Gasteiger partial charge in [-0.25, -0.2) is 0 Å². The van der Waals surface area contributed by atoms with E-state index in [-0.39, 0.29) is 72.5 Å². The SMILES string of the molecule is O=C([O-])c1cncc(C2CCN(C(=O)C3CC3)CC2)c1.O=C([O-])c1cncc(C2CCN(C(=O)C3CC3)CC2)c1.[Li+].[Li+]. The minimum Gasteiger partial charge on any atom is -0.545 e. The number of piperidine rings is 2. The fourth-order valence-corrected chi connectivity index (χ4v) is 5.63. The zero-order valence-corrected chi connectivity index (χ0v) is 24.5. The molecular formula is C30H34Li2N4O6. The molecule has 4 fully saturated rings. The van der Waals surface area contributed by atoms with E-state index in [2.05, 4.69) is 9.97 Å². The Labute approximate surface area is 270 Å². The minimum atomic E-state index is -1.19. The molecule has 12 heteroatoms. The van der Waals surface area contributed by atoms with Gasteiger partial charge in [0.25, 0.3) is 0 Å². The second-order valence-corrected chi connectivity index (χ2v) is 11.3. The Morgan fingerprint density at radius 3 is 1.19 bits per heavy atom. The van der Waals surface area contributed by atoms with Crippen molar-refractivity contribution in [3.63, 3.8) is 0 Å². The quantitative estimate of drug-likeness (QED) is 0.320. The van der Waals surface area contributed by atoms with Crippen molar-refractivity contribution in [2.45, 2.75) is 63.2 Å². The summed E-state index contributed by atoms with van der Waals surface area (Å²) in [5, 5.41) is 21.7. The first-order chi connectivity index (χ1) is 19.3. The van der Waals surface area contributed by atoms with E-state index in [0.29, 0.717) is 11.8 Å². The summed E-state index contributed by atoms with van der Waals surface area (Å²) in [7, 11) is 0. The largest absolute Gasteiger partial charge is 1.00 e. The van der Waals surface area contributed by atoms with Crippen molar-refractivity contribution in [3.05, 3.63) is 59.2 Å². The van der Waals surface area contributed by atoms with Crippen LogP contribution in [0, 0.1) is 11.8 Å². The summed E-state index contributed by atoms with van der Waals surface area (Å²) >= 11 is 0. The van der Waals surface area contributed by atoms with Gasteiger partial charge in [-0.3, -0.25) is 19.6 Å². The second kappa shape index (κ2) is 15.2. The third-order valence-electron chi connectivity index (χ3n) is 8.40. The van der Waals surface area contributed by atoms with Crippen LogP contribution in [-0.4, -0.2) is 69.7 Å². The van der Waals surface area contributed by atoms with E-state index in [9.17, 15) is 29.4 Å². The summed E-state index contributed by atoms with van der Waals surface area (Å²) in [6.45, 7) is 3.04. The Bertz CT molecular complexity index is 1170. The number of hydrogen-bond acceptors (Lipinski definition) is 8. The number of amides is 2. The first-order valence-electron chi connectivity index (χ1n) is 14.2. The molecule has 10 nitrogen and oxygen atoms in total. The van der Waals surface area contributed by atoms with Crippen molar-refractivity contribution in [1.82, 2.24) is 19.8 Å². The normalized spacial score (nSPS) is 19.0. The third-order valence-corrected chi connectivity index (χ3v) is 8.40. The van der Waals surface area contributed by atoms with Crippen LogP contribution in [0.5, 0.6) is 0 Å². The van der Waals surface area contributed by atoms with Crippen molar-refractivity contribution >= 4 is 23.8 Å². The molecule has 0 N–H and O–H groups in total. The Morgan fingerprint density at radius 1 is 0.571 bits per heavy atom. The van der Waals surface area contributed by atoms with Crippen LogP contribution in [-0.2, 0) is 9.59 Å². The van der Waals surface area contributed by atoms with E-state index in [1.165, 1.54) is 12.4 Å². The summed E-state index contributed by atoms with van der Waals surface area (Å²) < 4.78 is 0. The first-order valence-corrected chi connectivity index (χ1v) is 14.2. The van der Waals surface area contributed by atoms with Crippen LogP contribution >= 0.6 is 0 Å². The van der Waals surface area contributed by atoms with E-state index < -0.39 is 11.9 Å². The molecule has 2 aliphatic heterocycles. The minimum absolute atomic E-state index is 0. The molecule has 4 heterocycles. The zero-order valence-electron chi connectivity index (χ0n) is 24.5. The maximum absolute atomic E-state index is 12.0. The average Bonchev–Trinajstić information content (AvgIpc) is 3.91. The standard InChI is InChI=1S/2C15H18N2O3.2Li/c2*18-14(11-1-2-11)17-5-3-10(4-6-17)12-7-13(15(19)20)9-16-8-12;;/h2*7-11H,1-6H2,(H,19,20);;/q;;2*+1/p-2. The molecule has 2 aliphatic carbocycles. The van der Waals surface area contributed by atoms with E-state index in [1.54, 1.807) is 24.5 Å². The number of carboxylic acid groups (broad SMARTS) is 2. The Morgan fingerprint density at radius 2 is 0.905 bits per heavy atom. The molecule has 0 radical (unpaired) electrons. The molecule has 2 aromatic rings. The topological polar surface area (TPSA) is 147 Å². The first kappa shape index (κ1) is 33.9. The second-order valence-electron chi connectivity index (χ2n) is 11.3. The number of carboxylic acids is 2. The van der Waals surface area contributed by atoms with E-state index in [1.807, 2.05) is 9.80 Å². The molecule has 2 saturated heterocycles. The molecule has 4 aliphatic rings. The van der Waals surface area contributed by atoms with Gasteiger partial charge in [0.15, 0.2) is 0 Å². The zero-order chi connectivity index (χ0) is 28.2. The van der Waals surface area contributed by atoms with Gasteiger partial charge in [0.05, 0.1) is 11.9 Å². The molecule has 212 valence electrons. The van der Waals surface area contributed by atoms with Crippen LogP contribution in [0.15, 0.2) is 36.9 Å². The number of nitrogens with zero attached hydrogens (tertiary/aromatic N) is 4. The van der Waals surface area contributed by atoms with Gasteiger partial charge in [-0.15, -0.1) is 0 Å². The molecule has 0 bridgehead atoms. The summed E-state index contributed by atoms with van der Waals surface area (Å²) in [5.74, 6) is -0.684. The molecule has 42 heavy (non-hydrogen) atoms. The van der Waals surface area contributed by atoms with Crippen molar-refractivity contribution in [3.8, 4) is 0 Å². The Kier molecular flexibility index (Phi) is 12.3. The van der Waals surface area contributed by atoms with Gasteiger partial charge in [-0.1, -0.05) is 0 Å². The maximum atomic E-state index is 12.0. The molecule has 0 atom stereocenters. The Balaban J connectivity index is 0.000000220. The summed E-state index contributed by atoms with van der Waals surface area (Å²) in [6.07, 6.45) is 13.7. The van der Waals surface area contributed by atoms with Gasteiger partial charge >= 0.3 is 37.7 Å². The fourth-order valence-electron chi connectivity index (χ4n) is 5.63. The van der Waals surface area contributed by atoms with Crippen molar-refractivity contribution in [2.75, 3.05) is 26.2 Å². The van der Waals surface area contributed by atoms with Gasteiger partial charge in [0.2, 0.25) is 11.8 Å². The number of aromatic nitrogens is 2. The van der Waals surface area contributed by atoms with Crippen molar-refractivity contribution < 1.29 is 67.1 Å².